The maximum Gasteiger partial charge on any atom is 0.252 e. The largest absolute Gasteiger partial charge is 0.454 e. The van der Waals surface area contributed by atoms with Crippen molar-refractivity contribution in [1.29, 1.82) is 0 Å². The van der Waals surface area contributed by atoms with Gasteiger partial charge >= 0.3 is 0 Å². The van der Waals surface area contributed by atoms with Crippen molar-refractivity contribution in [3.8, 4) is 11.5 Å². The van der Waals surface area contributed by atoms with Crippen LogP contribution in [0, 0.1) is 19.7 Å². The number of anilines is 1. The van der Waals surface area contributed by atoms with Gasteiger partial charge in [0.25, 0.3) is 5.91 Å². The number of benzene rings is 2. The van der Waals surface area contributed by atoms with Crippen LogP contribution in [-0.2, 0) is 16.1 Å². The lowest BCUT2D eigenvalue weighted by Crippen LogP contribution is -2.41. The predicted molar refractivity (Wildman–Crippen MR) is 147 cm³/mol. The molecule has 39 heavy (non-hydrogen) atoms. The molecule has 200 valence electrons. The van der Waals surface area contributed by atoms with Crippen molar-refractivity contribution < 1.29 is 23.5 Å². The maximum atomic E-state index is 13.8. The number of nitrogens with one attached hydrogen (secondary N) is 1. The second kappa shape index (κ2) is 11.8. The monoisotopic (exact) mass is 564 g/mol. The number of thioether (sulfide) groups is 1. The lowest BCUT2D eigenvalue weighted by molar-refractivity contribution is -0.137. The zero-order valence-corrected chi connectivity index (χ0v) is 22.9. The fraction of sp³-hybridized carbons (Fsp3) is 0.214. The second-order valence-corrected chi connectivity index (χ2v) is 10.8. The zero-order chi connectivity index (χ0) is 27.4. The summed E-state index contributed by atoms with van der Waals surface area (Å²) in [4.78, 5) is 38.6. The molecule has 1 aliphatic rings. The SMILES string of the molecule is Cc1cc(C)nc(SCC(=O)N(Cc2ccc(F)cc2)C(C(=O)Nc2ccc3c(c2)OCO3)c2cccs2)n1. The number of hydrogen-bond donors (Lipinski definition) is 1. The number of ether oxygens (including phenoxy) is 2. The van der Waals surface area contributed by atoms with Gasteiger partial charge in [0, 0.05) is 34.6 Å². The number of aryl methyl sites for hydroxylation is 2. The van der Waals surface area contributed by atoms with Gasteiger partial charge in [-0.25, -0.2) is 14.4 Å². The Hall–Kier alpha value is -3.96. The van der Waals surface area contributed by atoms with E-state index in [1.165, 1.54) is 40.1 Å². The van der Waals surface area contributed by atoms with E-state index in [-0.39, 0.29) is 36.7 Å². The standard InChI is InChI=1S/C28H25FN4O4S2/c1-17-12-18(2)31-28(30-17)39-15-25(34)33(14-19-5-7-20(29)8-6-19)26(24-4-3-11-38-24)27(35)32-21-9-10-22-23(13-21)37-16-36-22/h3-13,26H,14-16H2,1-2H3,(H,32,35). The molecule has 1 N–H and O–H groups in total. The highest BCUT2D eigenvalue weighted by molar-refractivity contribution is 7.99. The number of halogens is 1. The van der Waals surface area contributed by atoms with E-state index in [4.69, 9.17) is 9.47 Å². The summed E-state index contributed by atoms with van der Waals surface area (Å²) >= 11 is 2.59. The Bertz CT molecular complexity index is 1460. The number of amides is 2. The van der Waals surface area contributed by atoms with Crippen LogP contribution in [0.2, 0.25) is 0 Å². The predicted octanol–water partition coefficient (Wildman–Crippen LogP) is 5.52. The van der Waals surface area contributed by atoms with Crippen molar-refractivity contribution in [2.45, 2.75) is 31.6 Å². The minimum absolute atomic E-state index is 0.0171. The van der Waals surface area contributed by atoms with Crippen LogP contribution in [-0.4, -0.2) is 39.2 Å². The third-order valence-electron chi connectivity index (χ3n) is 5.89. The Morgan fingerprint density at radius 3 is 2.51 bits per heavy atom. The number of carbonyl (C=O) groups excluding carboxylic acids is 2. The van der Waals surface area contributed by atoms with E-state index in [2.05, 4.69) is 15.3 Å². The zero-order valence-electron chi connectivity index (χ0n) is 21.2. The van der Waals surface area contributed by atoms with Crippen LogP contribution < -0.4 is 14.8 Å². The molecule has 0 saturated carbocycles. The van der Waals surface area contributed by atoms with Gasteiger partial charge in [0.1, 0.15) is 11.9 Å². The first-order valence-electron chi connectivity index (χ1n) is 12.1. The third-order valence-corrected chi connectivity index (χ3v) is 7.64. The first-order valence-corrected chi connectivity index (χ1v) is 13.9. The molecule has 0 radical (unpaired) electrons. The van der Waals surface area contributed by atoms with Crippen LogP contribution in [0.15, 0.2) is 71.2 Å². The van der Waals surface area contributed by atoms with Crippen LogP contribution >= 0.6 is 23.1 Å². The van der Waals surface area contributed by atoms with Gasteiger partial charge in [0.2, 0.25) is 12.7 Å². The normalized spacial score (nSPS) is 12.7. The van der Waals surface area contributed by atoms with Crippen LogP contribution in [0.3, 0.4) is 0 Å². The van der Waals surface area contributed by atoms with Crippen molar-refractivity contribution >= 4 is 40.6 Å². The van der Waals surface area contributed by atoms with E-state index < -0.39 is 6.04 Å². The van der Waals surface area contributed by atoms with Crippen molar-refractivity contribution in [3.05, 3.63) is 93.7 Å². The van der Waals surface area contributed by atoms with E-state index in [0.717, 1.165) is 11.4 Å². The molecular formula is C28H25FN4O4S2. The minimum atomic E-state index is -0.936. The number of fused-ring (bicyclic) bond motifs is 1. The third kappa shape index (κ3) is 6.55. The van der Waals surface area contributed by atoms with Gasteiger partial charge in [-0.3, -0.25) is 9.59 Å². The topological polar surface area (TPSA) is 93.7 Å². The van der Waals surface area contributed by atoms with Crippen molar-refractivity contribution in [3.63, 3.8) is 0 Å². The molecule has 2 aromatic heterocycles. The van der Waals surface area contributed by atoms with Crippen molar-refractivity contribution in [2.24, 2.45) is 0 Å². The Morgan fingerprint density at radius 1 is 1.05 bits per heavy atom. The molecule has 8 nitrogen and oxygen atoms in total. The fourth-order valence-corrected chi connectivity index (χ4v) is 5.80. The highest BCUT2D eigenvalue weighted by Gasteiger charge is 2.33. The number of aromatic nitrogens is 2. The Morgan fingerprint density at radius 2 is 1.79 bits per heavy atom. The van der Waals surface area contributed by atoms with Crippen molar-refractivity contribution in [1.82, 2.24) is 14.9 Å². The summed E-state index contributed by atoms with van der Waals surface area (Å²) in [6, 6.07) is 15.6. The highest BCUT2D eigenvalue weighted by atomic mass is 32.2. The molecule has 11 heteroatoms. The molecule has 5 rings (SSSR count). The van der Waals surface area contributed by atoms with Gasteiger partial charge in [-0.15, -0.1) is 11.3 Å². The first kappa shape index (κ1) is 26.6. The lowest BCUT2D eigenvalue weighted by Gasteiger charge is -2.30. The van der Waals surface area contributed by atoms with Gasteiger partial charge < -0.3 is 19.7 Å². The van der Waals surface area contributed by atoms with E-state index in [0.29, 0.717) is 32.8 Å². The fourth-order valence-electron chi connectivity index (χ4n) is 4.13. The highest BCUT2D eigenvalue weighted by Crippen LogP contribution is 2.35. The van der Waals surface area contributed by atoms with Crippen LogP contribution in [0.25, 0.3) is 0 Å². The van der Waals surface area contributed by atoms with E-state index in [1.54, 1.807) is 30.3 Å². The first-order chi connectivity index (χ1) is 18.9. The molecule has 2 aromatic carbocycles. The number of rotatable bonds is 9. The van der Waals surface area contributed by atoms with Gasteiger partial charge in [0.05, 0.1) is 5.75 Å². The van der Waals surface area contributed by atoms with Crippen LogP contribution in [0.5, 0.6) is 11.5 Å². The molecular weight excluding hydrogens is 539 g/mol. The van der Waals surface area contributed by atoms with Gasteiger partial charge in [-0.1, -0.05) is 30.0 Å². The number of hydrogen-bond acceptors (Lipinski definition) is 8. The summed E-state index contributed by atoms with van der Waals surface area (Å²) in [5, 5.41) is 5.27. The lowest BCUT2D eigenvalue weighted by atomic mass is 10.1. The molecule has 3 heterocycles. The van der Waals surface area contributed by atoms with Gasteiger partial charge in [-0.2, -0.15) is 0 Å². The molecule has 0 fully saturated rings. The molecule has 0 spiro atoms. The molecule has 0 bridgehead atoms. The molecule has 0 saturated heterocycles. The number of thiophene rings is 1. The van der Waals surface area contributed by atoms with Crippen LogP contribution in [0.4, 0.5) is 10.1 Å². The number of nitrogens with zero attached hydrogens (tertiary/aromatic N) is 3. The maximum absolute atomic E-state index is 13.8. The summed E-state index contributed by atoms with van der Waals surface area (Å²) < 4.78 is 24.4. The summed E-state index contributed by atoms with van der Waals surface area (Å²) in [6.45, 7) is 3.96. The summed E-state index contributed by atoms with van der Waals surface area (Å²) in [7, 11) is 0. The van der Waals surface area contributed by atoms with Gasteiger partial charge in [-0.05, 0) is 61.2 Å². The summed E-state index contributed by atoms with van der Waals surface area (Å²) in [5.74, 6) is 0.0925. The van der Waals surface area contributed by atoms with Crippen molar-refractivity contribution in [2.75, 3.05) is 17.9 Å². The molecule has 4 aromatic rings. The van der Waals surface area contributed by atoms with E-state index >= 15 is 0 Å². The summed E-state index contributed by atoms with van der Waals surface area (Å²) in [5.41, 5.74) is 2.81. The molecule has 1 atom stereocenters. The Labute approximate surface area is 233 Å². The minimum Gasteiger partial charge on any atom is -0.454 e. The summed E-state index contributed by atoms with van der Waals surface area (Å²) in [6.07, 6.45) is 0. The average molecular weight is 565 g/mol. The molecule has 2 amide bonds. The second-order valence-electron chi connectivity index (χ2n) is 8.85. The Balaban J connectivity index is 1.44. The van der Waals surface area contributed by atoms with E-state index in [1.807, 2.05) is 37.4 Å². The number of carbonyl (C=O) groups is 2. The Kier molecular flexibility index (Phi) is 8.08. The smallest absolute Gasteiger partial charge is 0.252 e. The quantitative estimate of drug-likeness (QED) is 0.211. The molecule has 1 aliphatic heterocycles. The van der Waals surface area contributed by atoms with E-state index in [9.17, 15) is 14.0 Å². The van der Waals surface area contributed by atoms with Gasteiger partial charge in [0.15, 0.2) is 16.7 Å². The van der Waals surface area contributed by atoms with Crippen LogP contribution in [0.1, 0.15) is 27.9 Å². The average Bonchev–Trinajstić information content (AvgIpc) is 3.60. The molecule has 1 unspecified atom stereocenters. The molecule has 0 aliphatic carbocycles.